The van der Waals surface area contributed by atoms with E-state index in [1.165, 1.54) is 58.5 Å². The lowest BCUT2D eigenvalue weighted by molar-refractivity contribution is 0.324. The van der Waals surface area contributed by atoms with E-state index in [0.29, 0.717) is 0 Å². The van der Waals surface area contributed by atoms with Gasteiger partial charge in [-0.1, -0.05) is 6.92 Å². The molecule has 3 nitrogen and oxygen atoms in total. The van der Waals surface area contributed by atoms with Crippen LogP contribution in [0, 0.1) is 5.92 Å². The molecule has 0 bridgehead atoms. The first-order valence-corrected chi connectivity index (χ1v) is 6.55. The number of nitrogens with zero attached hydrogens (tertiary/aromatic N) is 1. The molecule has 0 saturated carbocycles. The number of piperidine rings is 1. The number of nitrogens with one attached hydrogen (secondary N) is 2. The predicted molar refractivity (Wildman–Crippen MR) is 64.1 cm³/mol. The van der Waals surface area contributed by atoms with Gasteiger partial charge in [0.15, 0.2) is 0 Å². The zero-order chi connectivity index (χ0) is 10.5. The van der Waals surface area contributed by atoms with Gasteiger partial charge >= 0.3 is 0 Å². The van der Waals surface area contributed by atoms with Crippen molar-refractivity contribution in [3.05, 3.63) is 0 Å². The molecule has 2 saturated heterocycles. The standard InChI is InChI=1S/C12H25N3/c1-2-15-8-5-11(10-15)9-14-12-3-6-13-7-4-12/h11-14H,2-10H2,1H3. The van der Waals surface area contributed by atoms with Gasteiger partial charge in [0.2, 0.25) is 0 Å². The summed E-state index contributed by atoms with van der Waals surface area (Å²) in [7, 11) is 0. The molecule has 0 aromatic carbocycles. The third kappa shape index (κ3) is 3.44. The van der Waals surface area contributed by atoms with Crippen LogP contribution in [0.15, 0.2) is 0 Å². The summed E-state index contributed by atoms with van der Waals surface area (Å²) in [6.45, 7) is 9.75. The summed E-state index contributed by atoms with van der Waals surface area (Å²) in [5.74, 6) is 0.903. The Hall–Kier alpha value is -0.120. The van der Waals surface area contributed by atoms with E-state index < -0.39 is 0 Å². The fraction of sp³-hybridized carbons (Fsp3) is 1.00. The summed E-state index contributed by atoms with van der Waals surface area (Å²) < 4.78 is 0. The molecule has 0 amide bonds. The molecule has 0 radical (unpaired) electrons. The van der Waals surface area contributed by atoms with Gasteiger partial charge in [0.05, 0.1) is 0 Å². The van der Waals surface area contributed by atoms with Crippen LogP contribution >= 0.6 is 0 Å². The van der Waals surface area contributed by atoms with Crippen LogP contribution in [-0.2, 0) is 0 Å². The van der Waals surface area contributed by atoms with E-state index >= 15 is 0 Å². The Kier molecular flexibility index (Phi) is 4.42. The Bertz CT molecular complexity index is 178. The highest BCUT2D eigenvalue weighted by Crippen LogP contribution is 2.15. The highest BCUT2D eigenvalue weighted by atomic mass is 15.1. The number of likely N-dealkylation sites (tertiary alicyclic amines) is 1. The molecule has 0 aromatic heterocycles. The maximum Gasteiger partial charge on any atom is 0.00913 e. The summed E-state index contributed by atoms with van der Waals surface area (Å²) in [5.41, 5.74) is 0. The third-order valence-electron chi connectivity index (χ3n) is 3.85. The largest absolute Gasteiger partial charge is 0.317 e. The topological polar surface area (TPSA) is 27.3 Å². The van der Waals surface area contributed by atoms with Crippen LogP contribution in [0.2, 0.25) is 0 Å². The van der Waals surface area contributed by atoms with Gasteiger partial charge in [-0.05, 0) is 57.9 Å². The molecule has 2 heterocycles. The van der Waals surface area contributed by atoms with Gasteiger partial charge in [0, 0.05) is 12.6 Å². The summed E-state index contributed by atoms with van der Waals surface area (Å²) in [6.07, 6.45) is 4.01. The van der Waals surface area contributed by atoms with Crippen molar-refractivity contribution in [2.75, 3.05) is 39.3 Å². The first kappa shape index (κ1) is 11.4. The molecule has 2 aliphatic rings. The zero-order valence-electron chi connectivity index (χ0n) is 9.97. The fourth-order valence-corrected chi connectivity index (χ4v) is 2.73. The van der Waals surface area contributed by atoms with E-state index in [9.17, 15) is 0 Å². The van der Waals surface area contributed by atoms with E-state index in [1.807, 2.05) is 0 Å². The summed E-state index contributed by atoms with van der Waals surface area (Å²) >= 11 is 0. The number of hydrogen-bond acceptors (Lipinski definition) is 3. The Morgan fingerprint density at radius 1 is 1.27 bits per heavy atom. The zero-order valence-corrected chi connectivity index (χ0v) is 9.97. The van der Waals surface area contributed by atoms with Crippen LogP contribution in [0.1, 0.15) is 26.2 Å². The van der Waals surface area contributed by atoms with Crippen molar-refractivity contribution in [2.45, 2.75) is 32.2 Å². The minimum absolute atomic E-state index is 0.780. The Morgan fingerprint density at radius 2 is 2.07 bits per heavy atom. The second kappa shape index (κ2) is 5.83. The van der Waals surface area contributed by atoms with Crippen LogP contribution < -0.4 is 10.6 Å². The minimum Gasteiger partial charge on any atom is -0.317 e. The van der Waals surface area contributed by atoms with E-state index in [-0.39, 0.29) is 0 Å². The van der Waals surface area contributed by atoms with Crippen molar-refractivity contribution in [1.82, 2.24) is 15.5 Å². The summed E-state index contributed by atoms with van der Waals surface area (Å²) in [5, 5.41) is 7.15. The van der Waals surface area contributed by atoms with E-state index in [1.54, 1.807) is 0 Å². The molecule has 0 aliphatic carbocycles. The maximum atomic E-state index is 3.74. The monoisotopic (exact) mass is 211 g/mol. The van der Waals surface area contributed by atoms with E-state index in [4.69, 9.17) is 0 Å². The molecular weight excluding hydrogens is 186 g/mol. The van der Waals surface area contributed by atoms with E-state index in [2.05, 4.69) is 22.5 Å². The van der Waals surface area contributed by atoms with Crippen molar-refractivity contribution in [2.24, 2.45) is 5.92 Å². The molecule has 3 heteroatoms. The number of hydrogen-bond donors (Lipinski definition) is 2. The average molecular weight is 211 g/mol. The maximum absolute atomic E-state index is 3.74. The van der Waals surface area contributed by atoms with Crippen LogP contribution in [0.25, 0.3) is 0 Å². The molecule has 88 valence electrons. The smallest absolute Gasteiger partial charge is 0.00913 e. The molecule has 2 aliphatic heterocycles. The first-order chi connectivity index (χ1) is 7.38. The number of rotatable bonds is 4. The Morgan fingerprint density at radius 3 is 2.73 bits per heavy atom. The second-order valence-corrected chi connectivity index (χ2v) is 4.98. The highest BCUT2D eigenvalue weighted by molar-refractivity contribution is 4.80. The second-order valence-electron chi connectivity index (χ2n) is 4.98. The highest BCUT2D eigenvalue weighted by Gasteiger charge is 2.22. The molecule has 2 fully saturated rings. The lowest BCUT2D eigenvalue weighted by Crippen LogP contribution is -2.42. The van der Waals surface area contributed by atoms with E-state index in [0.717, 1.165) is 12.0 Å². The first-order valence-electron chi connectivity index (χ1n) is 6.55. The van der Waals surface area contributed by atoms with Gasteiger partial charge in [-0.25, -0.2) is 0 Å². The Labute approximate surface area is 93.6 Å². The summed E-state index contributed by atoms with van der Waals surface area (Å²) in [6, 6.07) is 0.780. The third-order valence-corrected chi connectivity index (χ3v) is 3.85. The van der Waals surface area contributed by atoms with Crippen molar-refractivity contribution in [3.8, 4) is 0 Å². The van der Waals surface area contributed by atoms with Crippen molar-refractivity contribution in [3.63, 3.8) is 0 Å². The average Bonchev–Trinajstić information content (AvgIpc) is 2.76. The molecule has 2 N–H and O–H groups in total. The van der Waals surface area contributed by atoms with Gasteiger partial charge in [-0.3, -0.25) is 0 Å². The molecule has 0 aromatic rings. The van der Waals surface area contributed by atoms with Gasteiger partial charge in [0.25, 0.3) is 0 Å². The molecule has 0 spiro atoms. The molecule has 1 unspecified atom stereocenters. The minimum atomic E-state index is 0.780. The van der Waals surface area contributed by atoms with Crippen molar-refractivity contribution in [1.29, 1.82) is 0 Å². The van der Waals surface area contributed by atoms with Crippen LogP contribution in [0.3, 0.4) is 0 Å². The molecule has 15 heavy (non-hydrogen) atoms. The van der Waals surface area contributed by atoms with Gasteiger partial charge in [-0.2, -0.15) is 0 Å². The van der Waals surface area contributed by atoms with Crippen LogP contribution in [0.5, 0.6) is 0 Å². The lowest BCUT2D eigenvalue weighted by Gasteiger charge is -2.25. The normalized spacial score (nSPS) is 29.8. The van der Waals surface area contributed by atoms with Crippen LogP contribution in [0.4, 0.5) is 0 Å². The lowest BCUT2D eigenvalue weighted by atomic mass is 10.0. The molecular formula is C12H25N3. The molecule has 1 atom stereocenters. The summed E-state index contributed by atoms with van der Waals surface area (Å²) in [4.78, 5) is 2.56. The van der Waals surface area contributed by atoms with Gasteiger partial charge < -0.3 is 15.5 Å². The predicted octanol–water partition coefficient (Wildman–Crippen LogP) is 0.670. The van der Waals surface area contributed by atoms with Crippen molar-refractivity contribution >= 4 is 0 Å². The fourth-order valence-electron chi connectivity index (χ4n) is 2.73. The quantitative estimate of drug-likeness (QED) is 0.716. The Balaban J connectivity index is 1.61. The van der Waals surface area contributed by atoms with Gasteiger partial charge in [0.1, 0.15) is 0 Å². The van der Waals surface area contributed by atoms with Gasteiger partial charge in [-0.15, -0.1) is 0 Å². The van der Waals surface area contributed by atoms with Crippen molar-refractivity contribution < 1.29 is 0 Å². The SMILES string of the molecule is CCN1CCC(CNC2CCNCC2)C1. The molecule has 2 rings (SSSR count). The van der Waals surface area contributed by atoms with Crippen LogP contribution in [-0.4, -0.2) is 50.2 Å².